The molecule has 1 saturated heterocycles. The van der Waals surface area contributed by atoms with Crippen LogP contribution in [0.15, 0.2) is 29.3 Å². The number of likely N-dealkylation sites (tertiary alicyclic amines) is 1. The number of benzene rings is 1. The number of amides is 1. The zero-order chi connectivity index (χ0) is 18.0. The predicted octanol–water partition coefficient (Wildman–Crippen LogP) is 4.13. The molecule has 0 aromatic heterocycles. The Bertz CT molecular complexity index is 621. The molecule has 0 N–H and O–H groups in total. The molecule has 1 aliphatic rings. The lowest BCUT2D eigenvalue weighted by molar-refractivity contribution is -0.137. The quantitative estimate of drug-likeness (QED) is 0.758. The lowest BCUT2D eigenvalue weighted by Gasteiger charge is -2.24. The lowest BCUT2D eigenvalue weighted by atomic mass is 10.1. The molecule has 4 nitrogen and oxygen atoms in total. The highest BCUT2D eigenvalue weighted by molar-refractivity contribution is 5.82. The average Bonchev–Trinajstić information content (AvgIpc) is 2.91. The van der Waals surface area contributed by atoms with Crippen molar-refractivity contribution in [2.45, 2.75) is 45.0 Å². The van der Waals surface area contributed by atoms with E-state index in [0.29, 0.717) is 19.5 Å². The van der Waals surface area contributed by atoms with Gasteiger partial charge in [-0.1, -0.05) is 18.2 Å². The Kier molecular flexibility index (Phi) is 5.20. The largest absolute Gasteiger partial charge is 0.444 e. The third-order valence-corrected chi connectivity index (χ3v) is 3.51. The molecule has 24 heavy (non-hydrogen) atoms. The van der Waals surface area contributed by atoms with Crippen molar-refractivity contribution in [3.05, 3.63) is 35.4 Å². The number of rotatable bonds is 2. The van der Waals surface area contributed by atoms with Crippen molar-refractivity contribution in [2.75, 3.05) is 13.1 Å². The van der Waals surface area contributed by atoms with E-state index in [4.69, 9.17) is 4.74 Å². The van der Waals surface area contributed by atoms with E-state index in [0.717, 1.165) is 6.07 Å². The van der Waals surface area contributed by atoms with Crippen molar-refractivity contribution >= 4 is 12.3 Å². The van der Waals surface area contributed by atoms with Crippen molar-refractivity contribution in [1.82, 2.24) is 4.90 Å². The predicted molar refractivity (Wildman–Crippen MR) is 85.3 cm³/mol. The number of nitrogens with zero attached hydrogens (tertiary/aromatic N) is 2. The lowest BCUT2D eigenvalue weighted by Crippen LogP contribution is -2.35. The van der Waals surface area contributed by atoms with E-state index in [1.54, 1.807) is 20.8 Å². The summed E-state index contributed by atoms with van der Waals surface area (Å²) < 4.78 is 44.1. The molecule has 1 aromatic rings. The van der Waals surface area contributed by atoms with Gasteiger partial charge in [0.15, 0.2) is 0 Å². The van der Waals surface area contributed by atoms with Gasteiger partial charge in [0, 0.05) is 24.9 Å². The minimum absolute atomic E-state index is 0.0284. The smallest absolute Gasteiger partial charge is 0.417 e. The van der Waals surface area contributed by atoms with Crippen LogP contribution in [0.1, 0.15) is 38.3 Å². The van der Waals surface area contributed by atoms with Crippen LogP contribution in [-0.2, 0) is 10.9 Å². The Labute approximate surface area is 139 Å². The van der Waals surface area contributed by atoms with Crippen LogP contribution in [0.5, 0.6) is 0 Å². The normalized spacial score (nSPS) is 19.1. The van der Waals surface area contributed by atoms with Crippen molar-refractivity contribution < 1.29 is 22.7 Å². The molecule has 2 rings (SSSR count). The number of aliphatic imine (C=N–C) groups is 1. The van der Waals surface area contributed by atoms with Crippen LogP contribution >= 0.6 is 0 Å². The summed E-state index contributed by atoms with van der Waals surface area (Å²) in [5.74, 6) is 0. The fourth-order valence-electron chi connectivity index (χ4n) is 2.41. The van der Waals surface area contributed by atoms with Crippen LogP contribution in [0.4, 0.5) is 18.0 Å². The number of hydrogen-bond acceptors (Lipinski definition) is 3. The first-order valence-electron chi connectivity index (χ1n) is 7.73. The Balaban J connectivity index is 2.01. The van der Waals surface area contributed by atoms with Gasteiger partial charge in [0.05, 0.1) is 11.6 Å². The van der Waals surface area contributed by atoms with Crippen LogP contribution in [0.2, 0.25) is 0 Å². The van der Waals surface area contributed by atoms with Gasteiger partial charge < -0.3 is 9.64 Å². The summed E-state index contributed by atoms with van der Waals surface area (Å²) >= 11 is 0. The Morgan fingerprint density at radius 1 is 1.29 bits per heavy atom. The van der Waals surface area contributed by atoms with E-state index < -0.39 is 23.4 Å². The molecule has 132 valence electrons. The van der Waals surface area contributed by atoms with E-state index in [1.165, 1.54) is 29.3 Å². The van der Waals surface area contributed by atoms with Crippen molar-refractivity contribution in [2.24, 2.45) is 4.99 Å². The van der Waals surface area contributed by atoms with E-state index >= 15 is 0 Å². The highest BCUT2D eigenvalue weighted by atomic mass is 19.4. The fourth-order valence-corrected chi connectivity index (χ4v) is 2.41. The molecular weight excluding hydrogens is 321 g/mol. The van der Waals surface area contributed by atoms with E-state index in [9.17, 15) is 18.0 Å². The Hall–Kier alpha value is -2.05. The summed E-state index contributed by atoms with van der Waals surface area (Å²) in [7, 11) is 0. The van der Waals surface area contributed by atoms with Gasteiger partial charge in [0.2, 0.25) is 0 Å². The summed E-state index contributed by atoms with van der Waals surface area (Å²) in [6.07, 6.45) is -2.99. The van der Waals surface area contributed by atoms with E-state index in [1.807, 2.05) is 0 Å². The van der Waals surface area contributed by atoms with Gasteiger partial charge in [-0.05, 0) is 33.3 Å². The van der Waals surface area contributed by atoms with Gasteiger partial charge in [-0.2, -0.15) is 13.2 Å². The zero-order valence-corrected chi connectivity index (χ0v) is 13.9. The first kappa shape index (κ1) is 18.3. The molecule has 1 amide bonds. The molecule has 0 spiro atoms. The van der Waals surface area contributed by atoms with Crippen molar-refractivity contribution in [3.63, 3.8) is 0 Å². The second kappa shape index (κ2) is 6.83. The average molecular weight is 342 g/mol. The molecule has 7 heteroatoms. The molecule has 1 heterocycles. The summed E-state index contributed by atoms with van der Waals surface area (Å²) in [6, 6.07) is 5.08. The van der Waals surface area contributed by atoms with Crippen molar-refractivity contribution in [3.8, 4) is 0 Å². The van der Waals surface area contributed by atoms with E-state index in [-0.39, 0.29) is 11.6 Å². The zero-order valence-electron chi connectivity index (χ0n) is 13.9. The summed E-state index contributed by atoms with van der Waals surface area (Å²) in [5, 5.41) is 0. The molecule has 1 aromatic carbocycles. The number of carbonyl (C=O) groups excluding carboxylic acids is 1. The van der Waals surface area contributed by atoms with Gasteiger partial charge in [-0.3, -0.25) is 4.99 Å². The number of carbonyl (C=O) groups is 1. The molecule has 0 radical (unpaired) electrons. The molecule has 0 saturated carbocycles. The maximum Gasteiger partial charge on any atom is 0.417 e. The molecule has 1 unspecified atom stereocenters. The minimum atomic E-state index is -4.42. The van der Waals surface area contributed by atoms with Gasteiger partial charge in [0.25, 0.3) is 0 Å². The summed E-state index contributed by atoms with van der Waals surface area (Å²) in [4.78, 5) is 17.7. The number of hydrogen-bond donors (Lipinski definition) is 0. The van der Waals surface area contributed by atoms with Crippen LogP contribution in [0, 0.1) is 0 Å². The first-order chi connectivity index (χ1) is 11.1. The third kappa shape index (κ3) is 4.97. The van der Waals surface area contributed by atoms with Crippen LogP contribution < -0.4 is 0 Å². The minimum Gasteiger partial charge on any atom is -0.444 e. The van der Waals surface area contributed by atoms with Gasteiger partial charge in [-0.15, -0.1) is 0 Å². The topological polar surface area (TPSA) is 41.9 Å². The highest BCUT2D eigenvalue weighted by Gasteiger charge is 2.33. The maximum atomic E-state index is 12.9. The maximum absolute atomic E-state index is 12.9. The molecule has 0 aliphatic carbocycles. The third-order valence-electron chi connectivity index (χ3n) is 3.51. The van der Waals surface area contributed by atoms with Crippen LogP contribution in [0.25, 0.3) is 0 Å². The SMILES string of the molecule is CC(C)(C)OC(=O)N1CCC(N=Cc2ccccc2C(F)(F)F)C1. The Morgan fingerprint density at radius 2 is 1.96 bits per heavy atom. The second-order valence-electron chi connectivity index (χ2n) is 6.73. The standard InChI is InChI=1S/C17H21F3N2O2/c1-16(2,3)24-15(23)22-9-8-13(11-22)21-10-12-6-4-5-7-14(12)17(18,19)20/h4-7,10,13H,8-9,11H2,1-3H3. The second-order valence-corrected chi connectivity index (χ2v) is 6.73. The summed E-state index contributed by atoms with van der Waals surface area (Å²) in [6.45, 7) is 6.18. The molecule has 1 aliphatic heterocycles. The number of ether oxygens (including phenoxy) is 1. The number of alkyl halides is 3. The van der Waals surface area contributed by atoms with E-state index in [2.05, 4.69) is 4.99 Å². The van der Waals surface area contributed by atoms with Gasteiger partial charge >= 0.3 is 12.3 Å². The van der Waals surface area contributed by atoms with Gasteiger partial charge in [0.1, 0.15) is 5.60 Å². The monoisotopic (exact) mass is 342 g/mol. The Morgan fingerprint density at radius 3 is 2.58 bits per heavy atom. The van der Waals surface area contributed by atoms with Crippen LogP contribution in [0.3, 0.4) is 0 Å². The highest BCUT2D eigenvalue weighted by Crippen LogP contribution is 2.31. The van der Waals surface area contributed by atoms with Crippen LogP contribution in [-0.4, -0.2) is 41.9 Å². The van der Waals surface area contributed by atoms with Crippen molar-refractivity contribution in [1.29, 1.82) is 0 Å². The molecule has 0 bridgehead atoms. The number of halogens is 3. The molecule has 1 fully saturated rings. The summed E-state index contributed by atoms with van der Waals surface area (Å²) in [5.41, 5.74) is -1.26. The van der Waals surface area contributed by atoms with Gasteiger partial charge in [-0.25, -0.2) is 4.79 Å². The molecule has 1 atom stereocenters. The molecular formula is C17H21F3N2O2. The first-order valence-corrected chi connectivity index (χ1v) is 7.73. The fraction of sp³-hybridized carbons (Fsp3) is 0.529.